The minimum Gasteiger partial charge on any atom is -0.409 e. The number of benzene rings is 1. The molecule has 1 rings (SSSR count). The average molecular weight is 278 g/mol. The summed E-state index contributed by atoms with van der Waals surface area (Å²) >= 11 is 0. The van der Waals surface area contributed by atoms with E-state index in [2.05, 4.69) is 46.7 Å². The Labute approximate surface area is 121 Å². The molecule has 0 bridgehead atoms. The number of nitrogens with two attached hydrogens (primary N) is 1. The molecule has 0 spiro atoms. The quantitative estimate of drug-likeness (QED) is 0.211. The molecule has 20 heavy (non-hydrogen) atoms. The molecule has 0 fully saturated rings. The van der Waals surface area contributed by atoms with Crippen LogP contribution in [0.1, 0.15) is 25.3 Å². The molecule has 5 heteroatoms. The molecule has 0 aromatic heterocycles. The second-order valence-electron chi connectivity index (χ2n) is 5.23. The van der Waals surface area contributed by atoms with E-state index in [0.29, 0.717) is 6.42 Å². The monoisotopic (exact) mass is 278 g/mol. The molecule has 1 aromatic carbocycles. The summed E-state index contributed by atoms with van der Waals surface area (Å²) in [7, 11) is 2.13. The summed E-state index contributed by atoms with van der Waals surface area (Å²) in [4.78, 5) is 2.31. The molecule has 1 unspecified atom stereocenters. The van der Waals surface area contributed by atoms with E-state index in [4.69, 9.17) is 10.9 Å². The van der Waals surface area contributed by atoms with Crippen LogP contribution in [0.3, 0.4) is 0 Å². The van der Waals surface area contributed by atoms with Crippen molar-refractivity contribution in [2.24, 2.45) is 10.9 Å². The molecule has 112 valence electrons. The van der Waals surface area contributed by atoms with Crippen LogP contribution in [0.2, 0.25) is 0 Å². The Morgan fingerprint density at radius 1 is 1.40 bits per heavy atom. The summed E-state index contributed by atoms with van der Waals surface area (Å²) in [6, 6.07) is 10.7. The maximum atomic E-state index is 8.50. The van der Waals surface area contributed by atoms with Crippen molar-refractivity contribution < 1.29 is 5.21 Å². The van der Waals surface area contributed by atoms with Crippen LogP contribution < -0.4 is 11.1 Å². The third-order valence-electron chi connectivity index (χ3n) is 3.15. The Balaban J connectivity index is 2.12. The highest BCUT2D eigenvalue weighted by Gasteiger charge is 2.04. The van der Waals surface area contributed by atoms with Crippen LogP contribution in [0.4, 0.5) is 0 Å². The molecule has 0 saturated carbocycles. The fourth-order valence-electron chi connectivity index (χ4n) is 2.10. The fraction of sp³-hybridized carbons (Fsp3) is 0.533. The number of nitrogens with zero attached hydrogens (tertiary/aromatic N) is 2. The van der Waals surface area contributed by atoms with Gasteiger partial charge in [0.15, 0.2) is 0 Å². The second kappa shape index (κ2) is 9.34. The minimum absolute atomic E-state index is 0.227. The lowest BCUT2D eigenvalue weighted by atomic mass is 10.2. The molecule has 1 aromatic rings. The maximum Gasteiger partial charge on any atom is 0.140 e. The Morgan fingerprint density at radius 3 is 2.75 bits per heavy atom. The predicted molar refractivity (Wildman–Crippen MR) is 82.9 cm³/mol. The van der Waals surface area contributed by atoms with Crippen LogP contribution in [0.5, 0.6) is 0 Å². The highest BCUT2D eigenvalue weighted by atomic mass is 16.4. The highest BCUT2D eigenvalue weighted by Crippen LogP contribution is 2.02. The van der Waals surface area contributed by atoms with E-state index in [-0.39, 0.29) is 11.9 Å². The van der Waals surface area contributed by atoms with Gasteiger partial charge in [0.1, 0.15) is 5.84 Å². The number of oxime groups is 1. The molecule has 0 radical (unpaired) electrons. The van der Waals surface area contributed by atoms with Crippen molar-refractivity contribution in [2.45, 2.75) is 32.4 Å². The van der Waals surface area contributed by atoms with Gasteiger partial charge in [-0.05, 0) is 39.0 Å². The SMILES string of the molecule is CC(CC(N)=NO)NCCCN(C)Cc1ccccc1. The van der Waals surface area contributed by atoms with Crippen LogP contribution in [0.25, 0.3) is 0 Å². The topological polar surface area (TPSA) is 73.9 Å². The maximum absolute atomic E-state index is 8.50. The fourth-order valence-corrected chi connectivity index (χ4v) is 2.10. The van der Waals surface area contributed by atoms with Gasteiger partial charge in [-0.3, -0.25) is 0 Å². The zero-order valence-corrected chi connectivity index (χ0v) is 12.4. The van der Waals surface area contributed by atoms with E-state index in [1.807, 2.05) is 13.0 Å². The molecule has 0 saturated heterocycles. The number of amidine groups is 1. The summed E-state index contributed by atoms with van der Waals surface area (Å²) < 4.78 is 0. The van der Waals surface area contributed by atoms with Gasteiger partial charge in [0, 0.05) is 19.0 Å². The van der Waals surface area contributed by atoms with E-state index in [0.717, 1.165) is 26.1 Å². The van der Waals surface area contributed by atoms with Crippen LogP contribution in [0, 0.1) is 0 Å². The van der Waals surface area contributed by atoms with Gasteiger partial charge in [-0.15, -0.1) is 0 Å². The van der Waals surface area contributed by atoms with Gasteiger partial charge in [0.05, 0.1) is 0 Å². The number of hydrogen-bond donors (Lipinski definition) is 3. The van der Waals surface area contributed by atoms with E-state index in [1.165, 1.54) is 5.56 Å². The Morgan fingerprint density at radius 2 is 2.10 bits per heavy atom. The van der Waals surface area contributed by atoms with Crippen LogP contribution in [-0.2, 0) is 6.54 Å². The van der Waals surface area contributed by atoms with Gasteiger partial charge in [0.25, 0.3) is 0 Å². The van der Waals surface area contributed by atoms with Crippen molar-refractivity contribution in [1.82, 2.24) is 10.2 Å². The lowest BCUT2D eigenvalue weighted by molar-refractivity contribution is 0.313. The highest BCUT2D eigenvalue weighted by molar-refractivity contribution is 5.80. The van der Waals surface area contributed by atoms with Crippen molar-refractivity contribution in [2.75, 3.05) is 20.1 Å². The first-order chi connectivity index (χ1) is 9.61. The summed E-state index contributed by atoms with van der Waals surface area (Å²) in [6.45, 7) is 4.98. The van der Waals surface area contributed by atoms with Crippen molar-refractivity contribution in [3.63, 3.8) is 0 Å². The smallest absolute Gasteiger partial charge is 0.140 e. The molecule has 0 amide bonds. The van der Waals surface area contributed by atoms with Gasteiger partial charge in [0.2, 0.25) is 0 Å². The van der Waals surface area contributed by atoms with E-state index in [1.54, 1.807) is 0 Å². The van der Waals surface area contributed by atoms with Crippen molar-refractivity contribution in [3.05, 3.63) is 35.9 Å². The average Bonchev–Trinajstić information content (AvgIpc) is 2.44. The molecule has 5 nitrogen and oxygen atoms in total. The third kappa shape index (κ3) is 7.11. The first kappa shape index (κ1) is 16.5. The summed E-state index contributed by atoms with van der Waals surface area (Å²) in [5.74, 6) is 0.270. The van der Waals surface area contributed by atoms with Crippen LogP contribution >= 0.6 is 0 Å². The van der Waals surface area contributed by atoms with Gasteiger partial charge in [-0.1, -0.05) is 35.5 Å². The van der Waals surface area contributed by atoms with Gasteiger partial charge in [-0.2, -0.15) is 0 Å². The van der Waals surface area contributed by atoms with E-state index >= 15 is 0 Å². The van der Waals surface area contributed by atoms with Crippen LogP contribution in [-0.4, -0.2) is 42.1 Å². The summed E-state index contributed by atoms with van der Waals surface area (Å²) in [5, 5.41) is 14.8. The van der Waals surface area contributed by atoms with Crippen molar-refractivity contribution in [3.8, 4) is 0 Å². The molecule has 0 aliphatic carbocycles. The lowest BCUT2D eigenvalue weighted by Crippen LogP contribution is -2.33. The number of hydrogen-bond acceptors (Lipinski definition) is 4. The molecular formula is C15H26N4O. The Bertz CT molecular complexity index is 394. The van der Waals surface area contributed by atoms with Crippen molar-refractivity contribution >= 4 is 5.84 Å². The molecule has 0 aliphatic rings. The molecule has 1 atom stereocenters. The number of rotatable bonds is 9. The Hall–Kier alpha value is -1.59. The van der Waals surface area contributed by atoms with Gasteiger partial charge >= 0.3 is 0 Å². The summed E-state index contributed by atoms with van der Waals surface area (Å²) in [5.41, 5.74) is 6.80. The van der Waals surface area contributed by atoms with Crippen molar-refractivity contribution in [1.29, 1.82) is 0 Å². The zero-order chi connectivity index (χ0) is 14.8. The normalized spacial score (nSPS) is 13.7. The third-order valence-corrected chi connectivity index (χ3v) is 3.15. The molecular weight excluding hydrogens is 252 g/mol. The van der Waals surface area contributed by atoms with Gasteiger partial charge < -0.3 is 21.2 Å². The minimum atomic E-state index is 0.227. The second-order valence-corrected chi connectivity index (χ2v) is 5.23. The first-order valence-electron chi connectivity index (χ1n) is 7.04. The zero-order valence-electron chi connectivity index (χ0n) is 12.4. The van der Waals surface area contributed by atoms with Gasteiger partial charge in [-0.25, -0.2) is 0 Å². The molecule has 4 N–H and O–H groups in total. The molecule has 0 aliphatic heterocycles. The standard InChI is InChI=1S/C15H26N4O/c1-13(11-15(16)18-20)17-9-6-10-19(2)12-14-7-4-3-5-8-14/h3-5,7-8,13,17,20H,6,9-12H2,1-2H3,(H2,16,18). The summed E-state index contributed by atoms with van der Waals surface area (Å²) in [6.07, 6.45) is 1.64. The predicted octanol–water partition coefficient (Wildman–Crippen LogP) is 1.62. The first-order valence-corrected chi connectivity index (χ1v) is 7.04. The van der Waals surface area contributed by atoms with E-state index < -0.39 is 0 Å². The molecule has 0 heterocycles. The lowest BCUT2D eigenvalue weighted by Gasteiger charge is -2.18. The largest absolute Gasteiger partial charge is 0.409 e. The number of nitrogens with one attached hydrogen (secondary N) is 1. The van der Waals surface area contributed by atoms with E-state index in [9.17, 15) is 0 Å². The Kier molecular flexibility index (Phi) is 7.69. The van der Waals surface area contributed by atoms with Crippen LogP contribution in [0.15, 0.2) is 35.5 Å².